The van der Waals surface area contributed by atoms with Crippen LogP contribution in [-0.4, -0.2) is 29.6 Å². The molecule has 0 fully saturated rings. The maximum absolute atomic E-state index is 13.2. The number of nitrogens with one attached hydrogen (secondary N) is 2. The van der Waals surface area contributed by atoms with Crippen LogP contribution >= 0.6 is 0 Å². The lowest BCUT2D eigenvalue weighted by molar-refractivity contribution is 0.602. The Morgan fingerprint density at radius 1 is 0.875 bits per heavy atom. The van der Waals surface area contributed by atoms with Crippen LogP contribution in [0.1, 0.15) is 5.56 Å². The first kappa shape index (κ1) is 21.4. The predicted octanol–water partition coefficient (Wildman–Crippen LogP) is 4.44. The highest BCUT2D eigenvalue weighted by Gasteiger charge is 2.10. The molecule has 2 heterocycles. The average molecular weight is 450 g/mol. The van der Waals surface area contributed by atoms with Crippen molar-refractivity contribution < 1.29 is 12.8 Å². The highest BCUT2D eigenvalue weighted by molar-refractivity contribution is 7.90. The summed E-state index contributed by atoms with van der Waals surface area (Å²) in [5, 5.41) is 6.37. The number of halogens is 1. The molecule has 0 radical (unpaired) electrons. The van der Waals surface area contributed by atoms with Crippen LogP contribution in [0.3, 0.4) is 0 Å². The summed E-state index contributed by atoms with van der Waals surface area (Å²) in [5.74, 6) is 1.37. The van der Waals surface area contributed by atoms with E-state index in [0.29, 0.717) is 24.0 Å². The summed E-state index contributed by atoms with van der Waals surface area (Å²) in [6, 6.07) is 16.6. The van der Waals surface area contributed by atoms with Gasteiger partial charge < -0.3 is 10.6 Å². The largest absolute Gasteiger partial charge is 0.366 e. The number of rotatable bonds is 7. The van der Waals surface area contributed by atoms with Crippen LogP contribution in [0, 0.1) is 5.82 Å². The summed E-state index contributed by atoms with van der Waals surface area (Å²) in [6.07, 6.45) is 5.91. The number of sulfone groups is 1. The molecule has 0 bridgehead atoms. The minimum atomic E-state index is -3.28. The molecule has 162 valence electrons. The van der Waals surface area contributed by atoms with E-state index >= 15 is 0 Å². The van der Waals surface area contributed by atoms with Gasteiger partial charge >= 0.3 is 0 Å². The third kappa shape index (κ3) is 5.44. The third-order valence-corrected chi connectivity index (χ3v) is 5.78. The second-order valence-electron chi connectivity index (χ2n) is 7.12. The van der Waals surface area contributed by atoms with Crippen LogP contribution in [0.15, 0.2) is 84.1 Å². The highest BCUT2D eigenvalue weighted by atomic mass is 32.2. The molecule has 0 saturated carbocycles. The molecule has 32 heavy (non-hydrogen) atoms. The molecule has 0 unspecified atom stereocenters. The zero-order chi connectivity index (χ0) is 22.6. The summed E-state index contributed by atoms with van der Waals surface area (Å²) in [4.78, 5) is 13.1. The molecule has 4 rings (SSSR count). The Balaban J connectivity index is 1.65. The molecule has 0 aliphatic heterocycles. The summed E-state index contributed by atoms with van der Waals surface area (Å²) in [7, 11) is -3.28. The fourth-order valence-corrected chi connectivity index (χ4v) is 3.67. The standard InChI is InChI=1S/C23H20FN5O2S/c1-32(30,31)20-8-4-17(5-9-20)18-12-21(27-14-16-2-6-19(24)7-3-16)28-22(13-18)29-23-15-25-10-11-26-23/h2-13,15H,14H2,1H3,(H2,26,27,28,29). The molecule has 0 aliphatic rings. The van der Waals surface area contributed by atoms with E-state index in [1.165, 1.54) is 18.4 Å². The van der Waals surface area contributed by atoms with Crippen molar-refractivity contribution in [2.24, 2.45) is 0 Å². The van der Waals surface area contributed by atoms with Gasteiger partial charge in [-0.05, 0) is 53.1 Å². The fraction of sp³-hybridized carbons (Fsp3) is 0.0870. The van der Waals surface area contributed by atoms with Gasteiger partial charge in [-0.15, -0.1) is 0 Å². The lowest BCUT2D eigenvalue weighted by Crippen LogP contribution is -2.04. The molecule has 2 aromatic heterocycles. The minimum absolute atomic E-state index is 0.253. The van der Waals surface area contributed by atoms with E-state index in [9.17, 15) is 12.8 Å². The summed E-state index contributed by atoms with van der Waals surface area (Å²) in [5.41, 5.74) is 2.56. The molecule has 0 spiro atoms. The Morgan fingerprint density at radius 2 is 1.59 bits per heavy atom. The van der Waals surface area contributed by atoms with Gasteiger partial charge in [-0.2, -0.15) is 0 Å². The lowest BCUT2D eigenvalue weighted by atomic mass is 10.1. The Labute approximate surface area is 185 Å². The van der Waals surface area contributed by atoms with Crippen LogP contribution in [0.4, 0.5) is 21.8 Å². The normalized spacial score (nSPS) is 11.2. The molecule has 0 amide bonds. The molecule has 0 aliphatic carbocycles. The van der Waals surface area contributed by atoms with Gasteiger partial charge in [0.1, 0.15) is 23.3 Å². The van der Waals surface area contributed by atoms with E-state index in [2.05, 4.69) is 25.6 Å². The molecule has 2 aromatic carbocycles. The molecule has 9 heteroatoms. The van der Waals surface area contributed by atoms with Crippen molar-refractivity contribution in [2.45, 2.75) is 11.4 Å². The monoisotopic (exact) mass is 449 g/mol. The smallest absolute Gasteiger partial charge is 0.175 e. The number of nitrogens with zero attached hydrogens (tertiary/aromatic N) is 3. The van der Waals surface area contributed by atoms with E-state index in [0.717, 1.165) is 16.7 Å². The van der Waals surface area contributed by atoms with Crippen LogP contribution in [-0.2, 0) is 16.4 Å². The second-order valence-corrected chi connectivity index (χ2v) is 9.13. The lowest BCUT2D eigenvalue weighted by Gasteiger charge is -2.12. The number of hydrogen-bond acceptors (Lipinski definition) is 7. The van der Waals surface area contributed by atoms with Gasteiger partial charge in [-0.1, -0.05) is 24.3 Å². The molecule has 7 nitrogen and oxygen atoms in total. The van der Waals surface area contributed by atoms with Gasteiger partial charge in [0.25, 0.3) is 0 Å². The number of anilines is 3. The zero-order valence-electron chi connectivity index (χ0n) is 17.2. The minimum Gasteiger partial charge on any atom is -0.366 e. The van der Waals surface area contributed by atoms with Crippen LogP contribution in [0.2, 0.25) is 0 Å². The second kappa shape index (κ2) is 9.11. The van der Waals surface area contributed by atoms with E-state index in [-0.39, 0.29) is 10.7 Å². The maximum Gasteiger partial charge on any atom is 0.175 e. The Morgan fingerprint density at radius 3 is 2.25 bits per heavy atom. The Hall–Kier alpha value is -3.85. The number of benzene rings is 2. The van der Waals surface area contributed by atoms with Crippen molar-refractivity contribution in [3.8, 4) is 11.1 Å². The van der Waals surface area contributed by atoms with Crippen molar-refractivity contribution in [2.75, 3.05) is 16.9 Å². The van der Waals surface area contributed by atoms with Crippen molar-refractivity contribution in [1.29, 1.82) is 0 Å². The predicted molar refractivity (Wildman–Crippen MR) is 122 cm³/mol. The van der Waals surface area contributed by atoms with Crippen molar-refractivity contribution >= 4 is 27.3 Å². The summed E-state index contributed by atoms with van der Waals surface area (Å²) in [6.45, 7) is 0.453. The van der Waals surface area contributed by atoms with Gasteiger partial charge in [-0.3, -0.25) is 4.98 Å². The first-order chi connectivity index (χ1) is 15.4. The first-order valence-electron chi connectivity index (χ1n) is 9.71. The molecule has 0 saturated heterocycles. The SMILES string of the molecule is CS(=O)(=O)c1ccc(-c2cc(NCc3ccc(F)cc3)nc(Nc3cnccn3)c2)cc1. The maximum atomic E-state index is 13.2. The summed E-state index contributed by atoms with van der Waals surface area (Å²) < 4.78 is 36.7. The van der Waals surface area contributed by atoms with Gasteiger partial charge in [0, 0.05) is 25.2 Å². The van der Waals surface area contributed by atoms with E-state index < -0.39 is 9.84 Å². The van der Waals surface area contributed by atoms with E-state index in [4.69, 9.17) is 0 Å². The first-order valence-corrected chi connectivity index (χ1v) is 11.6. The molecule has 4 aromatic rings. The zero-order valence-corrected chi connectivity index (χ0v) is 18.0. The molecular weight excluding hydrogens is 429 g/mol. The molecule has 2 N–H and O–H groups in total. The Bertz CT molecular complexity index is 1310. The van der Waals surface area contributed by atoms with E-state index in [1.807, 2.05) is 12.1 Å². The van der Waals surface area contributed by atoms with Crippen LogP contribution in [0.5, 0.6) is 0 Å². The average Bonchev–Trinajstić information content (AvgIpc) is 2.79. The van der Waals surface area contributed by atoms with Crippen molar-refractivity contribution in [3.63, 3.8) is 0 Å². The van der Waals surface area contributed by atoms with Gasteiger partial charge in [-0.25, -0.2) is 22.8 Å². The van der Waals surface area contributed by atoms with Gasteiger partial charge in [0.15, 0.2) is 9.84 Å². The topological polar surface area (TPSA) is 96.9 Å². The molecule has 0 atom stereocenters. The fourth-order valence-electron chi connectivity index (χ4n) is 3.04. The quantitative estimate of drug-likeness (QED) is 0.431. The summed E-state index contributed by atoms with van der Waals surface area (Å²) >= 11 is 0. The van der Waals surface area contributed by atoms with Crippen LogP contribution < -0.4 is 10.6 Å². The third-order valence-electron chi connectivity index (χ3n) is 4.65. The van der Waals surface area contributed by atoms with Crippen LogP contribution in [0.25, 0.3) is 11.1 Å². The van der Waals surface area contributed by atoms with E-state index in [1.54, 1.807) is 55.0 Å². The molecular formula is C23H20FN5O2S. The van der Waals surface area contributed by atoms with Crippen molar-refractivity contribution in [1.82, 2.24) is 15.0 Å². The number of pyridine rings is 1. The number of hydrogen-bond donors (Lipinski definition) is 2. The van der Waals surface area contributed by atoms with Gasteiger partial charge in [0.05, 0.1) is 11.1 Å². The Kier molecular flexibility index (Phi) is 6.09. The van der Waals surface area contributed by atoms with Gasteiger partial charge in [0.2, 0.25) is 0 Å². The van der Waals surface area contributed by atoms with Crippen molar-refractivity contribution in [3.05, 3.63) is 90.6 Å². The highest BCUT2D eigenvalue weighted by Crippen LogP contribution is 2.27. The number of aromatic nitrogens is 3.